The number of oxazole rings is 1. The highest BCUT2D eigenvalue weighted by atomic mass is 32.2. The van der Waals surface area contributed by atoms with Crippen molar-refractivity contribution in [3.8, 4) is 11.5 Å². The fourth-order valence-electron chi connectivity index (χ4n) is 2.76. The molecule has 3 rings (SSSR count). The lowest BCUT2D eigenvalue weighted by Crippen LogP contribution is -2.15. The minimum Gasteiger partial charge on any atom is -0.441 e. The largest absolute Gasteiger partial charge is 0.441 e. The molecule has 140 valence electrons. The van der Waals surface area contributed by atoms with Gasteiger partial charge in [-0.1, -0.05) is 42.8 Å². The number of nitrogens with zero attached hydrogens (tertiary/aromatic N) is 1. The molecule has 0 radical (unpaired) electrons. The Balaban J connectivity index is 1.56. The van der Waals surface area contributed by atoms with Gasteiger partial charge in [-0.15, -0.1) is 11.8 Å². The fraction of sp³-hybridized carbons (Fsp3) is 0.273. The van der Waals surface area contributed by atoms with E-state index in [1.807, 2.05) is 55.5 Å². The summed E-state index contributed by atoms with van der Waals surface area (Å²) in [5, 5.41) is 3.00. The van der Waals surface area contributed by atoms with E-state index in [0.717, 1.165) is 34.7 Å². The van der Waals surface area contributed by atoms with Crippen molar-refractivity contribution in [2.24, 2.45) is 0 Å². The second kappa shape index (κ2) is 8.91. The standard InChI is InChI=1S/C22H24N2O2S/c1-4-17-7-5-6-8-19(17)23-21(25)14-27-13-20-16(3)26-22(24-20)18-11-9-15(2)10-12-18/h5-12H,4,13-14H2,1-3H3,(H,23,25). The van der Waals surface area contributed by atoms with E-state index >= 15 is 0 Å². The summed E-state index contributed by atoms with van der Waals surface area (Å²) in [6, 6.07) is 16.0. The van der Waals surface area contributed by atoms with E-state index in [1.165, 1.54) is 17.3 Å². The van der Waals surface area contributed by atoms with Crippen LogP contribution in [0.5, 0.6) is 0 Å². The normalized spacial score (nSPS) is 10.8. The third-order valence-electron chi connectivity index (χ3n) is 4.34. The van der Waals surface area contributed by atoms with Gasteiger partial charge in [0.05, 0.1) is 11.4 Å². The number of aromatic nitrogens is 1. The lowest BCUT2D eigenvalue weighted by atomic mass is 10.1. The van der Waals surface area contributed by atoms with Crippen LogP contribution in [0.1, 0.15) is 29.5 Å². The Morgan fingerprint density at radius 2 is 1.85 bits per heavy atom. The average molecular weight is 381 g/mol. The van der Waals surface area contributed by atoms with Crippen LogP contribution in [0.4, 0.5) is 5.69 Å². The van der Waals surface area contributed by atoms with Crippen molar-refractivity contribution in [1.82, 2.24) is 4.98 Å². The zero-order chi connectivity index (χ0) is 19.2. The van der Waals surface area contributed by atoms with Crippen molar-refractivity contribution in [2.75, 3.05) is 11.1 Å². The maximum absolute atomic E-state index is 12.2. The summed E-state index contributed by atoms with van der Waals surface area (Å²) in [6.45, 7) is 6.05. The summed E-state index contributed by atoms with van der Waals surface area (Å²) >= 11 is 1.54. The maximum atomic E-state index is 12.2. The van der Waals surface area contributed by atoms with Crippen molar-refractivity contribution in [3.63, 3.8) is 0 Å². The first-order valence-electron chi connectivity index (χ1n) is 9.05. The highest BCUT2D eigenvalue weighted by Crippen LogP contribution is 2.24. The van der Waals surface area contributed by atoms with E-state index in [0.29, 0.717) is 17.4 Å². The zero-order valence-corrected chi connectivity index (χ0v) is 16.7. The van der Waals surface area contributed by atoms with Gasteiger partial charge in [-0.3, -0.25) is 4.79 Å². The number of para-hydroxylation sites is 1. The number of benzene rings is 2. The molecule has 5 heteroatoms. The van der Waals surface area contributed by atoms with Crippen molar-refractivity contribution >= 4 is 23.4 Å². The molecule has 0 saturated carbocycles. The topological polar surface area (TPSA) is 55.1 Å². The first-order valence-corrected chi connectivity index (χ1v) is 10.2. The van der Waals surface area contributed by atoms with Crippen LogP contribution in [-0.4, -0.2) is 16.6 Å². The van der Waals surface area contributed by atoms with Crippen LogP contribution >= 0.6 is 11.8 Å². The van der Waals surface area contributed by atoms with Crippen LogP contribution in [0.25, 0.3) is 11.5 Å². The van der Waals surface area contributed by atoms with Gasteiger partial charge in [0.2, 0.25) is 11.8 Å². The molecule has 1 amide bonds. The molecule has 0 aliphatic heterocycles. The number of thioether (sulfide) groups is 1. The molecule has 0 aliphatic rings. The summed E-state index contributed by atoms with van der Waals surface area (Å²) in [5.41, 5.74) is 5.09. The molecule has 0 aliphatic carbocycles. The van der Waals surface area contributed by atoms with Crippen molar-refractivity contribution in [2.45, 2.75) is 32.9 Å². The van der Waals surface area contributed by atoms with Crippen molar-refractivity contribution < 1.29 is 9.21 Å². The number of rotatable bonds is 7. The Labute approximate surface area is 164 Å². The van der Waals surface area contributed by atoms with E-state index in [9.17, 15) is 4.79 Å². The molecule has 0 fully saturated rings. The van der Waals surface area contributed by atoms with Gasteiger partial charge in [-0.05, 0) is 44.0 Å². The van der Waals surface area contributed by atoms with E-state index in [-0.39, 0.29) is 5.91 Å². The van der Waals surface area contributed by atoms with Crippen molar-refractivity contribution in [3.05, 3.63) is 71.1 Å². The van der Waals surface area contributed by atoms with Crippen LogP contribution in [0, 0.1) is 13.8 Å². The molecule has 27 heavy (non-hydrogen) atoms. The molecule has 0 saturated heterocycles. The number of anilines is 1. The Morgan fingerprint density at radius 3 is 2.59 bits per heavy atom. The number of carbonyl (C=O) groups excluding carboxylic acids is 1. The van der Waals surface area contributed by atoms with Crippen LogP contribution < -0.4 is 5.32 Å². The molecule has 0 bridgehead atoms. The number of nitrogens with one attached hydrogen (secondary N) is 1. The van der Waals surface area contributed by atoms with Gasteiger partial charge in [0.1, 0.15) is 5.76 Å². The highest BCUT2D eigenvalue weighted by Gasteiger charge is 2.12. The predicted molar refractivity (Wildman–Crippen MR) is 112 cm³/mol. The van der Waals surface area contributed by atoms with Gasteiger partial charge >= 0.3 is 0 Å². The number of amides is 1. The average Bonchev–Trinajstić information content (AvgIpc) is 3.03. The molecule has 0 atom stereocenters. The third kappa shape index (κ3) is 5.01. The minimum atomic E-state index is 0.000746. The van der Waals surface area contributed by atoms with E-state index in [4.69, 9.17) is 4.42 Å². The Bertz CT molecular complexity index is 916. The number of carbonyl (C=O) groups is 1. The zero-order valence-electron chi connectivity index (χ0n) is 15.9. The molecule has 0 spiro atoms. The van der Waals surface area contributed by atoms with Crippen molar-refractivity contribution in [1.29, 1.82) is 0 Å². The molecule has 0 unspecified atom stereocenters. The summed E-state index contributed by atoms with van der Waals surface area (Å²) < 4.78 is 5.80. The van der Waals surface area contributed by atoms with Crippen LogP contribution in [0.2, 0.25) is 0 Å². The molecule has 3 aromatic rings. The smallest absolute Gasteiger partial charge is 0.234 e. The van der Waals surface area contributed by atoms with Crippen LogP contribution in [-0.2, 0) is 17.0 Å². The van der Waals surface area contributed by atoms with Gasteiger partial charge in [-0.2, -0.15) is 0 Å². The van der Waals surface area contributed by atoms with Gasteiger partial charge < -0.3 is 9.73 Å². The monoisotopic (exact) mass is 380 g/mol. The number of hydrogen-bond donors (Lipinski definition) is 1. The second-order valence-corrected chi connectivity index (χ2v) is 7.43. The quantitative estimate of drug-likeness (QED) is 0.597. The molecular formula is C22H24N2O2S. The third-order valence-corrected chi connectivity index (χ3v) is 5.28. The summed E-state index contributed by atoms with van der Waals surface area (Å²) in [7, 11) is 0. The maximum Gasteiger partial charge on any atom is 0.234 e. The minimum absolute atomic E-state index is 0.000746. The molecule has 1 heterocycles. The fourth-order valence-corrected chi connectivity index (χ4v) is 3.58. The Morgan fingerprint density at radius 1 is 1.11 bits per heavy atom. The summed E-state index contributed by atoms with van der Waals surface area (Å²) in [6.07, 6.45) is 0.892. The van der Waals surface area contributed by atoms with Gasteiger partial charge in [0.25, 0.3) is 0 Å². The van der Waals surface area contributed by atoms with Gasteiger partial charge in [-0.25, -0.2) is 4.98 Å². The van der Waals surface area contributed by atoms with Crippen LogP contribution in [0.15, 0.2) is 52.9 Å². The Kier molecular flexibility index (Phi) is 6.35. The van der Waals surface area contributed by atoms with E-state index < -0.39 is 0 Å². The SMILES string of the molecule is CCc1ccccc1NC(=O)CSCc1nc(-c2ccc(C)cc2)oc1C. The second-order valence-electron chi connectivity index (χ2n) is 6.44. The lowest BCUT2D eigenvalue weighted by Gasteiger charge is -2.09. The highest BCUT2D eigenvalue weighted by molar-refractivity contribution is 7.99. The number of hydrogen-bond acceptors (Lipinski definition) is 4. The first-order chi connectivity index (χ1) is 13.1. The number of aryl methyl sites for hydroxylation is 3. The Hall–Kier alpha value is -2.53. The lowest BCUT2D eigenvalue weighted by molar-refractivity contribution is -0.113. The molecule has 1 N–H and O–H groups in total. The van der Waals surface area contributed by atoms with E-state index in [2.05, 4.69) is 24.1 Å². The molecule has 2 aromatic carbocycles. The van der Waals surface area contributed by atoms with Crippen LogP contribution in [0.3, 0.4) is 0 Å². The van der Waals surface area contributed by atoms with E-state index in [1.54, 1.807) is 0 Å². The van der Waals surface area contributed by atoms with Gasteiger partial charge in [0, 0.05) is 17.0 Å². The summed E-state index contributed by atoms with van der Waals surface area (Å²) in [4.78, 5) is 16.8. The predicted octanol–water partition coefficient (Wildman–Crippen LogP) is 5.39. The van der Waals surface area contributed by atoms with Gasteiger partial charge in [0.15, 0.2) is 0 Å². The molecule has 1 aromatic heterocycles. The first kappa shape index (κ1) is 19.2. The summed E-state index contributed by atoms with van der Waals surface area (Å²) in [5.74, 6) is 2.45. The molecule has 4 nitrogen and oxygen atoms in total. The molecular weight excluding hydrogens is 356 g/mol.